The molecule has 0 spiro atoms. The average molecular weight is 525 g/mol. The third kappa shape index (κ3) is 6.47. The highest BCUT2D eigenvalue weighted by Gasteiger charge is 2.29. The van der Waals surface area contributed by atoms with Crippen LogP contribution in [0.5, 0.6) is 0 Å². The lowest BCUT2D eigenvalue weighted by Gasteiger charge is -2.30. The van der Waals surface area contributed by atoms with Gasteiger partial charge in [-0.15, -0.1) is 0 Å². The molecule has 3 aliphatic rings. The zero-order chi connectivity index (χ0) is 25.6. The predicted octanol–water partition coefficient (Wildman–Crippen LogP) is 4.07. The Morgan fingerprint density at radius 2 is 1.89 bits per heavy atom. The van der Waals surface area contributed by atoms with Crippen LogP contribution in [0.25, 0.3) is 5.69 Å². The maximum Gasteiger partial charge on any atom is 0.264 e. The standard InChI is InChI=1S/C29H40N4O3S/c34-20-22(18-21-8-3-1-4-9-21)30-16-14-27(35)32-17-15-26-25(19-32)28(36)33(23-10-5-2-6-11-23)29(31-26)37-24-12-7-13-24/h2,5-6,10-11,21-22,24,30,34H,1,3-4,7-9,12-20H2/t22-/m0/s1. The molecule has 1 atom stereocenters. The highest BCUT2D eigenvalue weighted by molar-refractivity contribution is 7.99. The van der Waals surface area contributed by atoms with Crippen molar-refractivity contribution in [3.05, 3.63) is 51.9 Å². The quantitative estimate of drug-likeness (QED) is 0.456. The predicted molar refractivity (Wildman–Crippen MR) is 147 cm³/mol. The minimum absolute atomic E-state index is 0.0473. The van der Waals surface area contributed by atoms with Gasteiger partial charge in [0.2, 0.25) is 5.91 Å². The fourth-order valence-electron chi connectivity index (χ4n) is 5.78. The van der Waals surface area contributed by atoms with Gasteiger partial charge >= 0.3 is 0 Å². The maximum absolute atomic E-state index is 13.8. The third-order valence-electron chi connectivity index (χ3n) is 8.23. The highest BCUT2D eigenvalue weighted by atomic mass is 32.2. The molecule has 1 aliphatic heterocycles. The van der Waals surface area contributed by atoms with Crippen molar-refractivity contribution in [2.75, 3.05) is 19.7 Å². The molecule has 0 saturated heterocycles. The number of carbonyl (C=O) groups excluding carboxylic acids is 1. The number of thioether (sulfide) groups is 1. The number of para-hydroxylation sites is 1. The second-order valence-electron chi connectivity index (χ2n) is 10.9. The summed E-state index contributed by atoms with van der Waals surface area (Å²) in [7, 11) is 0. The molecular weight excluding hydrogens is 484 g/mol. The molecule has 2 heterocycles. The molecule has 8 heteroatoms. The number of carbonyl (C=O) groups is 1. The topological polar surface area (TPSA) is 87.5 Å². The van der Waals surface area contributed by atoms with Crippen molar-refractivity contribution in [3.63, 3.8) is 0 Å². The van der Waals surface area contributed by atoms with Crippen LogP contribution in [0.2, 0.25) is 0 Å². The molecule has 1 aromatic heterocycles. The zero-order valence-corrected chi connectivity index (χ0v) is 22.6. The van der Waals surface area contributed by atoms with Crippen LogP contribution in [0.4, 0.5) is 0 Å². The van der Waals surface area contributed by atoms with E-state index in [-0.39, 0.29) is 24.1 Å². The minimum atomic E-state index is -0.0542. The van der Waals surface area contributed by atoms with Gasteiger partial charge in [0, 0.05) is 37.2 Å². The summed E-state index contributed by atoms with van der Waals surface area (Å²) in [5.41, 5.74) is 2.25. The van der Waals surface area contributed by atoms with Crippen LogP contribution in [-0.2, 0) is 17.8 Å². The summed E-state index contributed by atoms with van der Waals surface area (Å²) in [6.45, 7) is 1.55. The van der Waals surface area contributed by atoms with E-state index < -0.39 is 0 Å². The molecule has 0 bridgehead atoms. The number of hydrogen-bond donors (Lipinski definition) is 2. The number of benzene rings is 1. The second-order valence-corrected chi connectivity index (χ2v) is 12.1. The van der Waals surface area contributed by atoms with Crippen LogP contribution in [0.15, 0.2) is 40.3 Å². The van der Waals surface area contributed by atoms with E-state index in [2.05, 4.69) is 5.32 Å². The SMILES string of the molecule is O=C(CCN[C@H](CO)CC1CCCCC1)N1CCc2nc(SC3CCC3)n(-c3ccccc3)c(=O)c2C1. The minimum Gasteiger partial charge on any atom is -0.395 e. The smallest absolute Gasteiger partial charge is 0.264 e. The van der Waals surface area contributed by atoms with Crippen molar-refractivity contribution in [2.45, 2.75) is 93.6 Å². The fraction of sp³-hybridized carbons (Fsp3) is 0.621. The van der Waals surface area contributed by atoms with Crippen LogP contribution < -0.4 is 10.9 Å². The van der Waals surface area contributed by atoms with E-state index in [1.165, 1.54) is 51.4 Å². The molecule has 5 rings (SSSR count). The Hall–Kier alpha value is -2.16. The Balaban J connectivity index is 1.24. The van der Waals surface area contributed by atoms with Gasteiger partial charge in [0.1, 0.15) is 0 Å². The molecule has 200 valence electrons. The third-order valence-corrected chi connectivity index (χ3v) is 9.51. The van der Waals surface area contributed by atoms with E-state index in [0.717, 1.165) is 23.0 Å². The van der Waals surface area contributed by atoms with Gasteiger partial charge < -0.3 is 15.3 Å². The van der Waals surface area contributed by atoms with Crippen molar-refractivity contribution < 1.29 is 9.90 Å². The number of nitrogens with one attached hydrogen (secondary N) is 1. The van der Waals surface area contributed by atoms with Crippen molar-refractivity contribution in [1.82, 2.24) is 19.8 Å². The molecule has 2 saturated carbocycles. The molecule has 1 aromatic carbocycles. The number of aliphatic hydroxyl groups excluding tert-OH is 1. The van der Waals surface area contributed by atoms with Gasteiger partial charge in [-0.3, -0.25) is 14.2 Å². The van der Waals surface area contributed by atoms with E-state index in [9.17, 15) is 14.7 Å². The van der Waals surface area contributed by atoms with Gasteiger partial charge in [0.25, 0.3) is 5.56 Å². The molecule has 1 amide bonds. The highest BCUT2D eigenvalue weighted by Crippen LogP contribution is 2.36. The zero-order valence-electron chi connectivity index (χ0n) is 21.7. The fourth-order valence-corrected chi connectivity index (χ4v) is 7.10. The van der Waals surface area contributed by atoms with E-state index in [1.807, 2.05) is 30.3 Å². The molecule has 7 nitrogen and oxygen atoms in total. The number of nitrogens with zero attached hydrogens (tertiary/aromatic N) is 3. The van der Waals surface area contributed by atoms with Crippen LogP contribution in [0, 0.1) is 5.92 Å². The van der Waals surface area contributed by atoms with Crippen LogP contribution in [0.1, 0.15) is 75.5 Å². The first kappa shape index (κ1) is 26.4. The molecule has 0 unspecified atom stereocenters. The lowest BCUT2D eigenvalue weighted by Crippen LogP contribution is -2.43. The lowest BCUT2D eigenvalue weighted by atomic mass is 9.85. The number of hydrogen-bond acceptors (Lipinski definition) is 6. The van der Waals surface area contributed by atoms with Gasteiger partial charge in [0.15, 0.2) is 5.16 Å². The van der Waals surface area contributed by atoms with Crippen LogP contribution in [0.3, 0.4) is 0 Å². The summed E-state index contributed by atoms with van der Waals surface area (Å²) in [6.07, 6.45) is 11.9. The lowest BCUT2D eigenvalue weighted by molar-refractivity contribution is -0.132. The Bertz CT molecular complexity index is 1110. The number of aromatic nitrogens is 2. The summed E-state index contributed by atoms with van der Waals surface area (Å²) >= 11 is 1.72. The number of rotatable bonds is 10. The molecule has 37 heavy (non-hydrogen) atoms. The molecule has 2 fully saturated rings. The molecule has 0 radical (unpaired) electrons. The van der Waals surface area contributed by atoms with Gasteiger partial charge in [-0.05, 0) is 37.3 Å². The number of aliphatic hydroxyl groups is 1. The first-order chi connectivity index (χ1) is 18.1. The Morgan fingerprint density at radius 3 is 2.59 bits per heavy atom. The van der Waals surface area contributed by atoms with Gasteiger partial charge in [0.05, 0.1) is 30.1 Å². The largest absolute Gasteiger partial charge is 0.395 e. The average Bonchev–Trinajstić information content (AvgIpc) is 2.91. The molecule has 2 aliphatic carbocycles. The summed E-state index contributed by atoms with van der Waals surface area (Å²) in [5, 5.41) is 14.5. The molecular formula is C29H40N4O3S. The molecule has 2 N–H and O–H groups in total. The summed E-state index contributed by atoms with van der Waals surface area (Å²) < 4.78 is 1.74. The first-order valence-corrected chi connectivity index (χ1v) is 15.0. The van der Waals surface area contributed by atoms with Crippen molar-refractivity contribution in [3.8, 4) is 5.69 Å². The van der Waals surface area contributed by atoms with E-state index in [4.69, 9.17) is 4.98 Å². The van der Waals surface area contributed by atoms with E-state index in [0.29, 0.717) is 49.2 Å². The van der Waals surface area contributed by atoms with E-state index in [1.54, 1.807) is 21.2 Å². The van der Waals surface area contributed by atoms with Crippen LogP contribution >= 0.6 is 11.8 Å². The van der Waals surface area contributed by atoms with Crippen LogP contribution in [-0.4, -0.2) is 56.5 Å². The second kappa shape index (κ2) is 12.6. The normalized spacial score (nSPS) is 19.3. The first-order valence-electron chi connectivity index (χ1n) is 14.1. The summed E-state index contributed by atoms with van der Waals surface area (Å²) in [5.74, 6) is 0.727. The Kier molecular flexibility index (Phi) is 9.00. The van der Waals surface area contributed by atoms with Crippen molar-refractivity contribution in [1.29, 1.82) is 0 Å². The van der Waals surface area contributed by atoms with Gasteiger partial charge in [-0.2, -0.15) is 0 Å². The summed E-state index contributed by atoms with van der Waals surface area (Å²) in [4.78, 5) is 33.6. The Morgan fingerprint density at radius 1 is 1.11 bits per heavy atom. The monoisotopic (exact) mass is 524 g/mol. The van der Waals surface area contributed by atoms with E-state index >= 15 is 0 Å². The van der Waals surface area contributed by atoms with Crippen molar-refractivity contribution in [2.24, 2.45) is 5.92 Å². The molecule has 2 aromatic rings. The number of fused-ring (bicyclic) bond motifs is 1. The van der Waals surface area contributed by atoms with Crippen molar-refractivity contribution >= 4 is 17.7 Å². The maximum atomic E-state index is 13.8. The number of amides is 1. The van der Waals surface area contributed by atoms with Gasteiger partial charge in [-0.1, -0.05) is 68.5 Å². The van der Waals surface area contributed by atoms with Gasteiger partial charge in [-0.25, -0.2) is 4.98 Å². The Labute approximate surface area is 224 Å². The summed E-state index contributed by atoms with van der Waals surface area (Å²) in [6, 6.07) is 9.77.